The molecule has 2 heterocycles. The fourth-order valence-electron chi connectivity index (χ4n) is 9.56. The molecule has 0 amide bonds. The van der Waals surface area contributed by atoms with Gasteiger partial charge >= 0.3 is 5.97 Å². The second-order valence-corrected chi connectivity index (χ2v) is 12.2. The van der Waals surface area contributed by atoms with E-state index in [1.54, 1.807) is 0 Å². The van der Waals surface area contributed by atoms with Crippen molar-refractivity contribution >= 4 is 17.5 Å². The summed E-state index contributed by atoms with van der Waals surface area (Å²) >= 11 is 0. The van der Waals surface area contributed by atoms with E-state index in [0.717, 1.165) is 27.8 Å². The molecule has 200 valence electrons. The van der Waals surface area contributed by atoms with Gasteiger partial charge in [0.25, 0.3) is 0 Å². The van der Waals surface area contributed by atoms with E-state index in [9.17, 15) is 4.79 Å². The third-order valence-corrected chi connectivity index (χ3v) is 10.9. The summed E-state index contributed by atoms with van der Waals surface area (Å²) in [7, 11) is 1.85. The third kappa shape index (κ3) is 2.44. The van der Waals surface area contributed by atoms with Gasteiger partial charge in [-0.15, -0.1) is 0 Å². The Morgan fingerprint density at radius 3 is 1.46 bits per heavy atom. The highest BCUT2D eigenvalue weighted by atomic mass is 16.6. The van der Waals surface area contributed by atoms with Crippen molar-refractivity contribution in [3.8, 4) is 0 Å². The van der Waals surface area contributed by atoms with Crippen LogP contribution in [0.25, 0.3) is 0 Å². The van der Waals surface area contributed by atoms with E-state index in [1.807, 2.05) is 96.9 Å². The Bertz CT molecular complexity index is 1750. The summed E-state index contributed by atoms with van der Waals surface area (Å²) in [4.78, 5) is 46.6. The molecule has 0 aromatic heterocycles. The van der Waals surface area contributed by atoms with Gasteiger partial charge < -0.3 is 4.74 Å². The zero-order chi connectivity index (χ0) is 27.7. The summed E-state index contributed by atoms with van der Waals surface area (Å²) in [5.74, 6) is -3.60. The van der Waals surface area contributed by atoms with Gasteiger partial charge in [-0.2, -0.15) is 0 Å². The molecule has 4 aliphatic carbocycles. The molecule has 6 aliphatic rings. The molecule has 2 saturated heterocycles. The van der Waals surface area contributed by atoms with Crippen molar-refractivity contribution in [2.24, 2.45) is 23.7 Å². The monoisotopic (exact) mass is 537 g/mol. The number of nitrogens with zero attached hydrogens (tertiary/aromatic N) is 1. The first-order valence-corrected chi connectivity index (χ1v) is 14.4. The van der Waals surface area contributed by atoms with Crippen LogP contribution in [0.2, 0.25) is 0 Å². The molecule has 4 aromatic rings. The van der Waals surface area contributed by atoms with Crippen LogP contribution in [0, 0.1) is 23.7 Å². The van der Waals surface area contributed by atoms with Gasteiger partial charge in [0.05, 0.1) is 11.8 Å². The molecule has 5 heteroatoms. The number of esters is 1. The molecular weight excluding hydrogens is 510 g/mol. The molecule has 4 bridgehead atoms. The van der Waals surface area contributed by atoms with Crippen LogP contribution in [0.4, 0.5) is 0 Å². The van der Waals surface area contributed by atoms with Gasteiger partial charge in [0.15, 0.2) is 5.54 Å². The van der Waals surface area contributed by atoms with Crippen molar-refractivity contribution in [3.05, 3.63) is 143 Å². The predicted octanol–water partition coefficient (Wildman–Crippen LogP) is 5.14. The number of hydrogen-bond donors (Lipinski definition) is 0. The molecule has 10 rings (SSSR count). The molecule has 3 fully saturated rings. The van der Waals surface area contributed by atoms with Gasteiger partial charge in [-0.05, 0) is 34.9 Å². The normalized spacial score (nSPS) is 35.9. The number of benzene rings is 4. The first-order chi connectivity index (χ1) is 20.0. The molecule has 0 unspecified atom stereocenters. The van der Waals surface area contributed by atoms with Crippen molar-refractivity contribution in [2.45, 2.75) is 23.1 Å². The lowest BCUT2D eigenvalue weighted by Gasteiger charge is -2.55. The summed E-state index contributed by atoms with van der Waals surface area (Å²) in [6.45, 7) is 0. The Morgan fingerprint density at radius 2 is 0.976 bits per heavy atom. The minimum atomic E-state index is -1.39. The lowest BCUT2D eigenvalue weighted by atomic mass is 9.46. The van der Waals surface area contributed by atoms with Gasteiger partial charge in [-0.3, -0.25) is 9.59 Å². The maximum atomic E-state index is 15.2. The van der Waals surface area contributed by atoms with Crippen LogP contribution < -0.4 is 0 Å². The lowest BCUT2D eigenvalue weighted by molar-refractivity contribution is -0.186. The number of fused-ring (bicyclic) bond motifs is 5. The Labute approximate surface area is 237 Å². The second kappa shape index (κ2) is 7.68. The van der Waals surface area contributed by atoms with Crippen molar-refractivity contribution in [1.29, 1.82) is 0 Å². The third-order valence-electron chi connectivity index (χ3n) is 10.9. The van der Waals surface area contributed by atoms with E-state index in [2.05, 4.69) is 24.3 Å². The van der Waals surface area contributed by atoms with Gasteiger partial charge in [-0.25, -0.2) is 9.69 Å². The van der Waals surface area contributed by atoms with Crippen LogP contribution in [0.1, 0.15) is 45.2 Å². The summed E-state index contributed by atoms with van der Waals surface area (Å²) in [6.07, 6.45) is 0. The summed E-state index contributed by atoms with van der Waals surface area (Å²) in [6, 6.07) is 35.5. The predicted molar refractivity (Wildman–Crippen MR) is 151 cm³/mol. The van der Waals surface area contributed by atoms with Crippen LogP contribution in [-0.2, 0) is 30.4 Å². The maximum Gasteiger partial charge on any atom is 0.334 e. The average molecular weight is 538 g/mol. The molecule has 0 N–H and O–H groups in total. The SMILES string of the molecule is CN1[C@@]2(c3ccccc3)OC(=O)[C@@]1(c1ccccc1)[C@H]1C(=O)[C@H]3C4c5ccccc5C(c5ccccc54)[C@H]3C(=O)[C@@H]12. The fraction of sp³-hybridized carbons (Fsp3) is 0.250. The Hall–Kier alpha value is -4.35. The molecule has 4 aromatic carbocycles. The number of Topliss-reactive ketones (excluding diaryl/α,β-unsaturated/α-hetero) is 2. The lowest BCUT2D eigenvalue weighted by Crippen LogP contribution is -2.63. The minimum absolute atomic E-state index is 0.00349. The van der Waals surface area contributed by atoms with Crippen LogP contribution in [0.15, 0.2) is 109 Å². The van der Waals surface area contributed by atoms with Crippen LogP contribution in [-0.4, -0.2) is 29.5 Å². The van der Waals surface area contributed by atoms with Crippen molar-refractivity contribution in [3.63, 3.8) is 0 Å². The number of rotatable bonds is 2. The Balaban J connectivity index is 1.34. The van der Waals surface area contributed by atoms with Crippen molar-refractivity contribution < 1.29 is 19.1 Å². The fourth-order valence-corrected chi connectivity index (χ4v) is 9.56. The van der Waals surface area contributed by atoms with E-state index in [0.29, 0.717) is 5.56 Å². The quantitative estimate of drug-likeness (QED) is 0.331. The summed E-state index contributed by atoms with van der Waals surface area (Å²) < 4.78 is 6.40. The smallest absolute Gasteiger partial charge is 0.334 e. The van der Waals surface area contributed by atoms with E-state index < -0.39 is 40.9 Å². The molecule has 6 atom stereocenters. The summed E-state index contributed by atoms with van der Waals surface area (Å²) in [5.41, 5.74) is 3.18. The van der Waals surface area contributed by atoms with Crippen LogP contribution in [0.5, 0.6) is 0 Å². The Morgan fingerprint density at radius 1 is 0.561 bits per heavy atom. The van der Waals surface area contributed by atoms with Gasteiger partial charge in [0, 0.05) is 29.2 Å². The zero-order valence-electron chi connectivity index (χ0n) is 22.4. The van der Waals surface area contributed by atoms with Gasteiger partial charge in [0.2, 0.25) is 5.72 Å². The van der Waals surface area contributed by atoms with E-state index in [1.165, 1.54) is 0 Å². The average Bonchev–Trinajstić information content (AvgIpc) is 3.40. The molecular formula is C36H27NO4. The van der Waals surface area contributed by atoms with Gasteiger partial charge in [-0.1, -0.05) is 109 Å². The van der Waals surface area contributed by atoms with E-state index in [-0.39, 0.29) is 23.4 Å². The number of ether oxygens (including phenoxy) is 1. The summed E-state index contributed by atoms with van der Waals surface area (Å²) in [5, 5.41) is 0. The highest BCUT2D eigenvalue weighted by Crippen LogP contribution is 2.71. The first-order valence-electron chi connectivity index (χ1n) is 14.4. The zero-order valence-corrected chi connectivity index (χ0v) is 22.4. The highest BCUT2D eigenvalue weighted by molar-refractivity contribution is 6.09. The van der Waals surface area contributed by atoms with Gasteiger partial charge in [0.1, 0.15) is 11.6 Å². The first kappa shape index (κ1) is 23.4. The van der Waals surface area contributed by atoms with E-state index in [4.69, 9.17) is 4.74 Å². The van der Waals surface area contributed by atoms with E-state index >= 15 is 9.59 Å². The standard InChI is InChI=1S/C36H27NO4/c1-37-35(20-12-4-2-5-13-20)30-31(36(37,41-34(35)40)21-14-6-3-7-15-21)33(39)29-27-24-18-10-8-16-22(24)26(28(29)32(30)38)23-17-9-11-19-25(23)27/h2-19,26-31H,1H3/t26?,27?,28-,29+,30+,31+,35+,36-/m0/s1. The number of ketones is 2. The molecule has 5 nitrogen and oxygen atoms in total. The minimum Gasteiger partial charge on any atom is -0.437 e. The largest absolute Gasteiger partial charge is 0.437 e. The molecule has 0 spiro atoms. The number of hydrogen-bond acceptors (Lipinski definition) is 5. The topological polar surface area (TPSA) is 63.7 Å². The van der Waals surface area contributed by atoms with Crippen LogP contribution >= 0.6 is 0 Å². The number of carbonyl (C=O) groups excluding carboxylic acids is 3. The molecule has 1 saturated carbocycles. The highest BCUT2D eigenvalue weighted by Gasteiger charge is 2.83. The van der Waals surface area contributed by atoms with Crippen molar-refractivity contribution in [1.82, 2.24) is 4.90 Å². The molecule has 41 heavy (non-hydrogen) atoms. The Kier molecular flexibility index (Phi) is 4.38. The number of carbonyl (C=O) groups is 3. The van der Waals surface area contributed by atoms with Crippen molar-refractivity contribution in [2.75, 3.05) is 7.05 Å². The maximum absolute atomic E-state index is 15.2. The van der Waals surface area contributed by atoms with Crippen LogP contribution in [0.3, 0.4) is 0 Å². The molecule has 2 aliphatic heterocycles. The molecule has 0 radical (unpaired) electrons. The second-order valence-electron chi connectivity index (χ2n) is 12.2. The number of likely N-dealkylation sites (N-methyl/N-ethyl adjacent to an activating group) is 1.